The second kappa shape index (κ2) is 6.60. The summed E-state index contributed by atoms with van der Waals surface area (Å²) in [6.07, 6.45) is 0.633. The summed E-state index contributed by atoms with van der Waals surface area (Å²) in [6.45, 7) is 0. The Hall–Kier alpha value is -2.69. The summed E-state index contributed by atoms with van der Waals surface area (Å²) in [7, 11) is 4.78. The van der Waals surface area contributed by atoms with Crippen molar-refractivity contribution in [2.75, 3.05) is 21.3 Å². The lowest BCUT2D eigenvalue weighted by atomic mass is 10.00. The van der Waals surface area contributed by atoms with Crippen LogP contribution in [0.2, 0.25) is 0 Å². The zero-order valence-corrected chi connectivity index (χ0v) is 13.4. The Labute approximate surface area is 135 Å². The molecule has 1 atom stereocenters. The normalized spacial score (nSPS) is 16.5. The highest BCUT2D eigenvalue weighted by Gasteiger charge is 2.25. The first-order valence-electron chi connectivity index (χ1n) is 7.34. The van der Waals surface area contributed by atoms with E-state index in [2.05, 4.69) is 5.16 Å². The Bertz CT molecular complexity index is 687. The van der Waals surface area contributed by atoms with Gasteiger partial charge in [0.15, 0.2) is 17.6 Å². The van der Waals surface area contributed by atoms with E-state index >= 15 is 0 Å². The number of benzene rings is 2. The van der Waals surface area contributed by atoms with Crippen molar-refractivity contribution in [1.82, 2.24) is 0 Å². The summed E-state index contributed by atoms with van der Waals surface area (Å²) in [5, 5.41) is 4.23. The fourth-order valence-corrected chi connectivity index (χ4v) is 2.64. The van der Waals surface area contributed by atoms with Gasteiger partial charge in [-0.05, 0) is 17.7 Å². The lowest BCUT2D eigenvalue weighted by Gasteiger charge is -2.13. The largest absolute Gasteiger partial charge is 0.493 e. The third kappa shape index (κ3) is 2.95. The molecular weight excluding hydrogens is 294 g/mol. The molecule has 0 bridgehead atoms. The van der Waals surface area contributed by atoms with Gasteiger partial charge >= 0.3 is 0 Å². The maximum Gasteiger partial charge on any atom is 0.203 e. The van der Waals surface area contributed by atoms with Gasteiger partial charge in [0, 0.05) is 12.0 Å². The second-order valence-electron chi connectivity index (χ2n) is 5.16. The SMILES string of the molecule is COc1cc(C2=NO[C@H](c3ccccc3)C2)cc(OC)c1OC. The van der Waals surface area contributed by atoms with E-state index in [4.69, 9.17) is 19.0 Å². The van der Waals surface area contributed by atoms with Crippen LogP contribution in [0.5, 0.6) is 17.2 Å². The summed E-state index contributed by atoms with van der Waals surface area (Å²) < 4.78 is 16.1. The number of ether oxygens (including phenoxy) is 3. The van der Waals surface area contributed by atoms with Crippen LogP contribution in [-0.4, -0.2) is 27.0 Å². The quantitative estimate of drug-likeness (QED) is 0.846. The number of oxime groups is 1. The van der Waals surface area contributed by atoms with Gasteiger partial charge in [-0.15, -0.1) is 0 Å². The van der Waals surface area contributed by atoms with Crippen molar-refractivity contribution in [3.63, 3.8) is 0 Å². The average molecular weight is 313 g/mol. The number of methoxy groups -OCH3 is 3. The molecule has 0 saturated carbocycles. The Kier molecular flexibility index (Phi) is 4.37. The fraction of sp³-hybridized carbons (Fsp3) is 0.278. The minimum Gasteiger partial charge on any atom is -0.493 e. The Morgan fingerprint density at radius 2 is 1.61 bits per heavy atom. The summed E-state index contributed by atoms with van der Waals surface area (Å²) in [5.74, 6) is 1.78. The molecule has 5 nitrogen and oxygen atoms in total. The standard InChI is InChI=1S/C18H19NO4/c1-20-16-9-13(10-17(21-2)18(16)22-3)14-11-15(23-19-14)12-7-5-4-6-8-12/h4-10,15H,11H2,1-3H3/t15-/m0/s1. The van der Waals surface area contributed by atoms with Crippen molar-refractivity contribution >= 4 is 5.71 Å². The summed E-state index contributed by atoms with van der Waals surface area (Å²) in [4.78, 5) is 5.58. The van der Waals surface area contributed by atoms with Crippen molar-refractivity contribution in [2.24, 2.45) is 5.16 Å². The summed E-state index contributed by atoms with van der Waals surface area (Å²) >= 11 is 0. The monoisotopic (exact) mass is 313 g/mol. The Balaban J connectivity index is 1.88. The highest BCUT2D eigenvalue weighted by atomic mass is 16.6. The molecule has 3 rings (SSSR count). The van der Waals surface area contributed by atoms with E-state index < -0.39 is 0 Å². The van der Waals surface area contributed by atoms with E-state index in [1.165, 1.54) is 0 Å². The van der Waals surface area contributed by atoms with Gasteiger partial charge in [-0.25, -0.2) is 0 Å². The Morgan fingerprint density at radius 1 is 0.957 bits per heavy atom. The lowest BCUT2D eigenvalue weighted by molar-refractivity contribution is 0.0857. The van der Waals surface area contributed by atoms with Crippen LogP contribution in [0.25, 0.3) is 0 Å². The Morgan fingerprint density at radius 3 is 2.17 bits per heavy atom. The minimum absolute atomic E-state index is 0.0645. The molecule has 0 radical (unpaired) electrons. The van der Waals surface area contributed by atoms with Crippen molar-refractivity contribution in [1.29, 1.82) is 0 Å². The molecule has 2 aromatic rings. The zero-order chi connectivity index (χ0) is 16.2. The first-order valence-corrected chi connectivity index (χ1v) is 7.34. The summed E-state index contributed by atoms with van der Waals surface area (Å²) in [5.41, 5.74) is 2.87. The molecule has 1 aliphatic rings. The van der Waals surface area contributed by atoms with Crippen molar-refractivity contribution in [3.8, 4) is 17.2 Å². The van der Waals surface area contributed by atoms with Crippen LogP contribution in [0.3, 0.4) is 0 Å². The molecule has 0 spiro atoms. The molecular formula is C18H19NO4. The van der Waals surface area contributed by atoms with Crippen molar-refractivity contribution < 1.29 is 19.0 Å². The second-order valence-corrected chi connectivity index (χ2v) is 5.16. The van der Waals surface area contributed by atoms with Gasteiger partial charge in [0.1, 0.15) is 0 Å². The van der Waals surface area contributed by atoms with E-state index in [1.54, 1.807) is 21.3 Å². The van der Waals surface area contributed by atoms with E-state index in [9.17, 15) is 0 Å². The van der Waals surface area contributed by atoms with Crippen molar-refractivity contribution in [3.05, 3.63) is 53.6 Å². The lowest BCUT2D eigenvalue weighted by Crippen LogP contribution is -2.03. The fourth-order valence-electron chi connectivity index (χ4n) is 2.64. The van der Waals surface area contributed by atoms with Gasteiger partial charge in [-0.3, -0.25) is 0 Å². The molecule has 0 amide bonds. The third-order valence-corrected chi connectivity index (χ3v) is 3.84. The van der Waals surface area contributed by atoms with Crippen LogP contribution in [-0.2, 0) is 4.84 Å². The molecule has 1 heterocycles. The van der Waals surface area contributed by atoms with Crippen LogP contribution in [0.15, 0.2) is 47.6 Å². The first kappa shape index (κ1) is 15.2. The number of nitrogens with zero attached hydrogens (tertiary/aromatic N) is 1. The minimum atomic E-state index is -0.0645. The molecule has 0 saturated heterocycles. The maximum atomic E-state index is 5.58. The van der Waals surface area contributed by atoms with Crippen LogP contribution in [0.4, 0.5) is 0 Å². The van der Waals surface area contributed by atoms with Gasteiger partial charge in [0.2, 0.25) is 5.75 Å². The highest BCUT2D eigenvalue weighted by molar-refractivity contribution is 6.02. The van der Waals surface area contributed by atoms with Crippen molar-refractivity contribution in [2.45, 2.75) is 12.5 Å². The molecule has 0 aliphatic carbocycles. The first-order chi connectivity index (χ1) is 11.3. The maximum absolute atomic E-state index is 5.58. The molecule has 23 heavy (non-hydrogen) atoms. The molecule has 120 valence electrons. The topological polar surface area (TPSA) is 49.3 Å². The molecule has 0 unspecified atom stereocenters. The predicted octanol–water partition coefficient (Wildman–Crippen LogP) is 3.58. The zero-order valence-electron chi connectivity index (χ0n) is 13.4. The number of hydrogen-bond acceptors (Lipinski definition) is 5. The molecule has 1 aliphatic heterocycles. The summed E-state index contributed by atoms with van der Waals surface area (Å²) in [6, 6.07) is 13.8. The van der Waals surface area contributed by atoms with E-state index in [0.717, 1.165) is 16.8 Å². The molecule has 2 aromatic carbocycles. The number of rotatable bonds is 5. The van der Waals surface area contributed by atoms with Crippen LogP contribution in [0, 0.1) is 0 Å². The van der Waals surface area contributed by atoms with Crippen LogP contribution in [0.1, 0.15) is 23.7 Å². The van der Waals surface area contributed by atoms with Crippen LogP contribution < -0.4 is 14.2 Å². The van der Waals surface area contributed by atoms with Gasteiger partial charge in [0.25, 0.3) is 0 Å². The van der Waals surface area contributed by atoms with Crippen LogP contribution >= 0.6 is 0 Å². The average Bonchev–Trinajstić information content (AvgIpc) is 3.11. The van der Waals surface area contributed by atoms with E-state index in [1.807, 2.05) is 42.5 Å². The predicted molar refractivity (Wildman–Crippen MR) is 87.5 cm³/mol. The highest BCUT2D eigenvalue weighted by Crippen LogP contribution is 2.40. The van der Waals surface area contributed by atoms with Gasteiger partial charge in [0.05, 0.1) is 27.0 Å². The smallest absolute Gasteiger partial charge is 0.203 e. The number of hydrogen-bond donors (Lipinski definition) is 0. The van der Waals surface area contributed by atoms with Gasteiger partial charge in [-0.1, -0.05) is 35.5 Å². The third-order valence-electron chi connectivity index (χ3n) is 3.84. The molecule has 5 heteroatoms. The van der Waals surface area contributed by atoms with E-state index in [-0.39, 0.29) is 6.10 Å². The van der Waals surface area contributed by atoms with Gasteiger partial charge < -0.3 is 19.0 Å². The van der Waals surface area contributed by atoms with Gasteiger partial charge in [-0.2, -0.15) is 0 Å². The molecule has 0 N–H and O–H groups in total. The molecule has 0 aromatic heterocycles. The van der Waals surface area contributed by atoms with E-state index in [0.29, 0.717) is 23.7 Å². The molecule has 0 fully saturated rings.